The molecule has 1 atom stereocenters. The van der Waals surface area contributed by atoms with Crippen molar-refractivity contribution in [2.24, 2.45) is 0 Å². The van der Waals surface area contributed by atoms with Crippen LogP contribution in [0.1, 0.15) is 31.9 Å². The summed E-state index contributed by atoms with van der Waals surface area (Å²) in [7, 11) is -3.17. The lowest BCUT2D eigenvalue weighted by Crippen LogP contribution is -2.50. The van der Waals surface area contributed by atoms with Crippen LogP contribution in [0.25, 0.3) is 0 Å². The molecule has 1 aromatic rings. The Balaban J connectivity index is 2.35. The number of hydrogen-bond acceptors (Lipinski definition) is 6. The number of methoxy groups -OCH3 is 1. The fourth-order valence-corrected chi connectivity index (χ4v) is 3.08. The monoisotopic (exact) mass is 386 g/mol. The summed E-state index contributed by atoms with van der Waals surface area (Å²) in [6.07, 6.45) is -0.473. The molecule has 9 nitrogen and oxygen atoms in total. The number of nitrogens with one attached hydrogen (secondary N) is 1. The molecule has 0 radical (unpaired) electrons. The minimum absolute atomic E-state index is 0.0327. The van der Waals surface area contributed by atoms with E-state index in [1.54, 1.807) is 26.8 Å². The first kappa shape index (κ1) is 20.0. The molecular formula is C16H22N2O7S. The summed E-state index contributed by atoms with van der Waals surface area (Å²) in [4.78, 5) is 25.9. The van der Waals surface area contributed by atoms with Crippen molar-refractivity contribution in [2.45, 2.75) is 45.4 Å². The summed E-state index contributed by atoms with van der Waals surface area (Å²) < 4.78 is 43.0. The molecule has 0 fully saturated rings. The molecule has 1 heterocycles. The first-order valence-electron chi connectivity index (χ1n) is 7.84. The van der Waals surface area contributed by atoms with E-state index >= 15 is 0 Å². The van der Waals surface area contributed by atoms with Crippen LogP contribution in [0.15, 0.2) is 18.2 Å². The van der Waals surface area contributed by atoms with Crippen molar-refractivity contribution in [3.05, 3.63) is 29.3 Å². The minimum Gasteiger partial charge on any atom is -0.467 e. The Morgan fingerprint density at radius 3 is 2.46 bits per heavy atom. The lowest BCUT2D eigenvalue weighted by atomic mass is 9.94. The maximum absolute atomic E-state index is 12.5. The van der Waals surface area contributed by atoms with E-state index < -0.39 is 34.0 Å². The first-order chi connectivity index (χ1) is 11.9. The average Bonchev–Trinajstić information content (AvgIpc) is 2.49. The highest BCUT2D eigenvalue weighted by atomic mass is 32.2. The third kappa shape index (κ3) is 5.09. The van der Waals surface area contributed by atoms with Crippen molar-refractivity contribution in [1.82, 2.24) is 4.90 Å². The van der Waals surface area contributed by atoms with Gasteiger partial charge in [0.15, 0.2) is 0 Å². The van der Waals surface area contributed by atoms with Gasteiger partial charge >= 0.3 is 22.4 Å². The third-order valence-corrected chi connectivity index (χ3v) is 4.18. The molecule has 10 heteroatoms. The maximum Gasteiger partial charge on any atom is 0.411 e. The lowest BCUT2D eigenvalue weighted by molar-refractivity contribution is -0.147. The molecule has 1 aromatic carbocycles. The van der Waals surface area contributed by atoms with Gasteiger partial charge < -0.3 is 9.47 Å². The maximum atomic E-state index is 12.5. The molecular weight excluding hydrogens is 364 g/mol. The van der Waals surface area contributed by atoms with Gasteiger partial charge in [-0.15, -0.1) is 0 Å². The fourth-order valence-electron chi connectivity index (χ4n) is 2.66. The van der Waals surface area contributed by atoms with E-state index in [0.29, 0.717) is 5.56 Å². The van der Waals surface area contributed by atoms with E-state index in [0.717, 1.165) is 5.56 Å². The second-order valence-corrected chi connectivity index (χ2v) is 8.07. The van der Waals surface area contributed by atoms with E-state index in [4.69, 9.17) is 14.0 Å². The van der Waals surface area contributed by atoms with Crippen molar-refractivity contribution >= 4 is 28.1 Å². The summed E-state index contributed by atoms with van der Waals surface area (Å²) in [5, 5.41) is 0. The van der Waals surface area contributed by atoms with Gasteiger partial charge in [-0.05, 0) is 44.0 Å². The molecule has 0 saturated heterocycles. The standard InChI is InChI=1S/C16H22N2O7S/c1-16(2,3)25-15(20)18-9-11-7-12(17-26(21,22)23)6-5-10(11)8-13(18)14(19)24-4/h5-7,13,17H,8-9H2,1-4H3,(H,21,22,23)/t13-/m0/s1. The second-order valence-electron chi connectivity index (χ2n) is 6.91. The van der Waals surface area contributed by atoms with Gasteiger partial charge in [-0.2, -0.15) is 8.42 Å². The molecule has 0 saturated carbocycles. The Hall–Kier alpha value is -2.33. The van der Waals surface area contributed by atoms with Gasteiger partial charge in [0.1, 0.15) is 11.6 Å². The van der Waals surface area contributed by atoms with Gasteiger partial charge in [-0.1, -0.05) is 6.07 Å². The molecule has 0 spiro atoms. The first-order valence-corrected chi connectivity index (χ1v) is 9.28. The van der Waals surface area contributed by atoms with Gasteiger partial charge in [-0.25, -0.2) is 9.59 Å². The average molecular weight is 386 g/mol. The van der Waals surface area contributed by atoms with Crippen molar-refractivity contribution in [3.63, 3.8) is 0 Å². The summed E-state index contributed by atoms with van der Waals surface area (Å²) in [6, 6.07) is 3.74. The molecule has 0 bridgehead atoms. The van der Waals surface area contributed by atoms with E-state index in [-0.39, 0.29) is 18.7 Å². The molecule has 0 aliphatic carbocycles. The molecule has 2 N–H and O–H groups in total. The molecule has 2 rings (SSSR count). The Labute approximate surface area is 152 Å². The summed E-state index contributed by atoms with van der Waals surface area (Å²) >= 11 is 0. The van der Waals surface area contributed by atoms with Gasteiger partial charge in [0.25, 0.3) is 0 Å². The highest BCUT2D eigenvalue weighted by Gasteiger charge is 2.37. The van der Waals surface area contributed by atoms with Crippen LogP contribution in [0, 0.1) is 0 Å². The number of anilines is 1. The van der Waals surface area contributed by atoms with E-state index in [1.807, 2.05) is 4.72 Å². The van der Waals surface area contributed by atoms with Gasteiger partial charge in [0.05, 0.1) is 19.3 Å². The van der Waals surface area contributed by atoms with Crippen LogP contribution in [0.3, 0.4) is 0 Å². The van der Waals surface area contributed by atoms with Gasteiger partial charge in [-0.3, -0.25) is 14.2 Å². The summed E-state index contributed by atoms with van der Waals surface area (Å²) in [5.41, 5.74) is 0.796. The number of amides is 1. The predicted molar refractivity (Wildman–Crippen MR) is 92.9 cm³/mol. The number of benzene rings is 1. The Kier molecular flexibility index (Phi) is 5.47. The van der Waals surface area contributed by atoms with Crippen LogP contribution in [-0.4, -0.2) is 48.7 Å². The van der Waals surface area contributed by atoms with Crippen LogP contribution < -0.4 is 4.72 Å². The van der Waals surface area contributed by atoms with Crippen molar-refractivity contribution in [3.8, 4) is 0 Å². The van der Waals surface area contributed by atoms with Crippen LogP contribution >= 0.6 is 0 Å². The summed E-state index contributed by atoms with van der Waals surface area (Å²) in [6.45, 7) is 5.17. The minimum atomic E-state index is -4.42. The quantitative estimate of drug-likeness (QED) is 0.599. The zero-order valence-electron chi connectivity index (χ0n) is 15.0. The van der Waals surface area contributed by atoms with Gasteiger partial charge in [0, 0.05) is 6.42 Å². The van der Waals surface area contributed by atoms with E-state index in [9.17, 15) is 18.0 Å². The highest BCUT2D eigenvalue weighted by molar-refractivity contribution is 7.87. The zero-order valence-corrected chi connectivity index (χ0v) is 15.8. The highest BCUT2D eigenvalue weighted by Crippen LogP contribution is 2.28. The number of ether oxygens (including phenoxy) is 2. The van der Waals surface area contributed by atoms with Crippen molar-refractivity contribution in [2.75, 3.05) is 11.8 Å². The smallest absolute Gasteiger partial charge is 0.411 e. The number of carbonyl (C=O) groups excluding carboxylic acids is 2. The molecule has 1 aliphatic rings. The summed E-state index contributed by atoms with van der Waals surface area (Å²) in [5.74, 6) is -0.568. The third-order valence-electron chi connectivity index (χ3n) is 3.68. The number of carbonyl (C=O) groups is 2. The topological polar surface area (TPSA) is 122 Å². The van der Waals surface area contributed by atoms with Crippen molar-refractivity contribution in [1.29, 1.82) is 0 Å². The molecule has 144 valence electrons. The SMILES string of the molecule is COC(=O)[C@@H]1Cc2ccc(NS(=O)(=O)O)cc2CN1C(=O)OC(C)(C)C. The van der Waals surface area contributed by atoms with Crippen LogP contribution in [0.5, 0.6) is 0 Å². The molecule has 1 aliphatic heterocycles. The second kappa shape index (κ2) is 7.12. The van der Waals surface area contributed by atoms with E-state index in [2.05, 4.69) is 0 Å². The largest absolute Gasteiger partial charge is 0.467 e. The molecule has 1 amide bonds. The molecule has 0 unspecified atom stereocenters. The lowest BCUT2D eigenvalue weighted by Gasteiger charge is -2.36. The Morgan fingerprint density at radius 1 is 1.27 bits per heavy atom. The predicted octanol–water partition coefficient (Wildman–Crippen LogP) is 1.74. The van der Waals surface area contributed by atoms with Crippen LogP contribution in [0.2, 0.25) is 0 Å². The normalized spacial score (nSPS) is 17.3. The number of hydrogen-bond donors (Lipinski definition) is 2. The number of fused-ring (bicyclic) bond motifs is 1. The van der Waals surface area contributed by atoms with Crippen LogP contribution in [0.4, 0.5) is 10.5 Å². The molecule has 0 aromatic heterocycles. The fraction of sp³-hybridized carbons (Fsp3) is 0.500. The van der Waals surface area contributed by atoms with Crippen molar-refractivity contribution < 1.29 is 32.0 Å². The van der Waals surface area contributed by atoms with Gasteiger partial charge in [0.2, 0.25) is 0 Å². The Bertz CT molecular complexity index is 814. The Morgan fingerprint density at radius 2 is 1.92 bits per heavy atom. The number of esters is 1. The molecule has 26 heavy (non-hydrogen) atoms. The number of rotatable bonds is 3. The zero-order chi connectivity index (χ0) is 19.7. The van der Waals surface area contributed by atoms with Crippen LogP contribution in [-0.2, 0) is 37.5 Å². The van der Waals surface area contributed by atoms with E-state index in [1.165, 1.54) is 24.1 Å². The number of nitrogens with zero attached hydrogens (tertiary/aromatic N) is 1.